The third kappa shape index (κ3) is 5.16. The molecule has 3 rings (SSSR count). The highest BCUT2D eigenvalue weighted by Gasteiger charge is 2.32. The van der Waals surface area contributed by atoms with E-state index < -0.39 is 67.4 Å². The van der Waals surface area contributed by atoms with Crippen molar-refractivity contribution in [2.24, 2.45) is 0 Å². The van der Waals surface area contributed by atoms with Gasteiger partial charge >= 0.3 is 5.97 Å². The lowest BCUT2D eigenvalue weighted by atomic mass is 10.0. The van der Waals surface area contributed by atoms with Crippen LogP contribution in [0, 0.1) is 23.3 Å². The minimum atomic E-state index is -4.08. The van der Waals surface area contributed by atoms with Crippen molar-refractivity contribution in [3.63, 3.8) is 0 Å². The van der Waals surface area contributed by atoms with Gasteiger partial charge < -0.3 is 10.4 Å². The number of hydrogen-bond donors (Lipinski definition) is 4. The monoisotopic (exact) mass is 532 g/mol. The van der Waals surface area contributed by atoms with Gasteiger partial charge in [0.25, 0.3) is 17.2 Å². The molecule has 0 spiro atoms. The Morgan fingerprint density at radius 2 is 1.17 bits per heavy atom. The molecule has 0 aliphatic heterocycles. The smallest absolute Gasteiger partial charge is 0.339 e. The Kier molecular flexibility index (Phi) is 7.23. The molecule has 1 amide bonds. The third-order valence-electron chi connectivity index (χ3n) is 4.50. The summed E-state index contributed by atoms with van der Waals surface area (Å²) in [7, 11) is -4.08. The molecule has 0 saturated heterocycles. The Morgan fingerprint density at radius 1 is 0.743 bits per heavy atom. The fraction of sp³-hybridized carbons (Fsp3) is 0. The molecular weight excluding hydrogens is 520 g/mol. The van der Waals surface area contributed by atoms with Gasteiger partial charge in [0.1, 0.15) is 5.56 Å². The van der Waals surface area contributed by atoms with E-state index in [4.69, 9.17) is 9.66 Å². The number of carboxylic acid groups (broad SMARTS) is 1. The molecule has 0 fully saturated rings. The van der Waals surface area contributed by atoms with E-state index >= 15 is 0 Å². The van der Waals surface area contributed by atoms with Crippen LogP contribution in [-0.2, 0) is 21.1 Å². The summed E-state index contributed by atoms with van der Waals surface area (Å²) >= 11 is -2.36. The van der Waals surface area contributed by atoms with Gasteiger partial charge in [0.2, 0.25) is 9.84 Å². The average Bonchev–Trinajstić information content (AvgIpc) is 2.79. The topological polar surface area (TPSA) is 150 Å². The summed E-state index contributed by atoms with van der Waals surface area (Å²) in [6.45, 7) is 0. The third-order valence-corrected chi connectivity index (χ3v) is 6.70. The van der Waals surface area contributed by atoms with Crippen molar-refractivity contribution >= 4 is 44.4 Å². The van der Waals surface area contributed by atoms with Crippen LogP contribution >= 0.6 is 0 Å². The van der Waals surface area contributed by atoms with Crippen molar-refractivity contribution in [2.45, 2.75) is 9.79 Å². The Morgan fingerprint density at radius 3 is 1.60 bits per heavy atom. The summed E-state index contributed by atoms with van der Waals surface area (Å²) in [5, 5.41) is 11.0. The zero-order chi connectivity index (χ0) is 26.1. The minimum Gasteiger partial charge on any atom is -0.478 e. The van der Waals surface area contributed by atoms with Crippen LogP contribution in [0.4, 0.5) is 28.9 Å². The summed E-state index contributed by atoms with van der Waals surface area (Å²) in [6, 6.07) is 8.92. The van der Waals surface area contributed by atoms with Crippen LogP contribution in [0.1, 0.15) is 20.7 Å². The SMILES string of the molecule is O=C(O)c1c(F)c(F)c(F)c(F)c1C(=O)Nc1ccc(S(=O)(=O)c2ccc(NS(=O)O)cc2)cc1. The first-order valence-electron chi connectivity index (χ1n) is 9.08. The fourth-order valence-corrected chi connectivity index (χ4v) is 4.49. The van der Waals surface area contributed by atoms with E-state index in [1.54, 1.807) is 0 Å². The predicted molar refractivity (Wildman–Crippen MR) is 114 cm³/mol. The molecule has 9 nitrogen and oxygen atoms in total. The molecule has 0 bridgehead atoms. The van der Waals surface area contributed by atoms with E-state index in [-0.39, 0.29) is 21.2 Å². The predicted octanol–water partition coefficient (Wildman–Crippen LogP) is 3.57. The number of rotatable bonds is 7. The molecule has 0 heterocycles. The van der Waals surface area contributed by atoms with E-state index in [1.165, 1.54) is 12.1 Å². The van der Waals surface area contributed by atoms with Crippen molar-refractivity contribution in [3.05, 3.63) is 82.9 Å². The van der Waals surface area contributed by atoms with Gasteiger partial charge in [-0.25, -0.2) is 35.0 Å². The maximum atomic E-state index is 14.1. The molecular formula is C20H12F4N2O7S2. The molecule has 1 unspecified atom stereocenters. The second-order valence-electron chi connectivity index (χ2n) is 6.67. The first kappa shape index (κ1) is 25.8. The Bertz CT molecular complexity index is 1460. The van der Waals surface area contributed by atoms with Crippen LogP contribution in [0.15, 0.2) is 58.3 Å². The lowest BCUT2D eigenvalue weighted by Gasteiger charge is -2.12. The molecule has 15 heteroatoms. The second-order valence-corrected chi connectivity index (χ2v) is 9.32. The van der Waals surface area contributed by atoms with Crippen LogP contribution in [0.2, 0.25) is 0 Å². The second kappa shape index (κ2) is 9.81. The molecule has 3 aromatic rings. The average molecular weight is 532 g/mol. The summed E-state index contributed by atoms with van der Waals surface area (Å²) in [4.78, 5) is 23.1. The van der Waals surface area contributed by atoms with Crippen LogP contribution in [0.5, 0.6) is 0 Å². The Labute approximate surface area is 196 Å². The number of benzene rings is 3. The van der Waals surface area contributed by atoms with Crippen LogP contribution < -0.4 is 10.0 Å². The van der Waals surface area contributed by atoms with Gasteiger partial charge in [-0.05, 0) is 48.5 Å². The zero-order valence-corrected chi connectivity index (χ0v) is 18.5. The number of anilines is 2. The lowest BCUT2D eigenvalue weighted by Crippen LogP contribution is -2.22. The normalized spacial score (nSPS) is 12.1. The van der Waals surface area contributed by atoms with Crippen LogP contribution in [0.3, 0.4) is 0 Å². The molecule has 0 saturated carbocycles. The molecule has 0 aliphatic rings. The van der Waals surface area contributed by atoms with Crippen molar-refractivity contribution in [1.29, 1.82) is 0 Å². The molecule has 3 aromatic carbocycles. The van der Waals surface area contributed by atoms with Gasteiger partial charge in [0, 0.05) is 11.4 Å². The minimum absolute atomic E-state index is 0.171. The molecule has 4 N–H and O–H groups in total. The van der Waals surface area contributed by atoms with Gasteiger partial charge in [-0.1, -0.05) is 0 Å². The standard InChI is InChI=1S/C20H12F4N2O7S2/c21-15-13(14(20(28)29)16(22)18(24)17(15)23)19(27)25-9-1-5-11(6-2-9)35(32,33)12-7-3-10(4-8-12)26-34(30)31/h1-8,26H,(H,25,27)(H,28,29)(H,30,31). The van der Waals surface area contributed by atoms with E-state index in [1.807, 2.05) is 5.32 Å². The highest BCUT2D eigenvalue weighted by atomic mass is 32.2. The van der Waals surface area contributed by atoms with Crippen molar-refractivity contribution in [2.75, 3.05) is 10.0 Å². The van der Waals surface area contributed by atoms with Crippen LogP contribution in [-0.4, -0.2) is 34.2 Å². The zero-order valence-electron chi connectivity index (χ0n) is 16.9. The summed E-state index contributed by atoms with van der Waals surface area (Å²) < 4.78 is 102. The number of halogens is 4. The quantitative estimate of drug-likeness (QED) is 0.157. The van der Waals surface area contributed by atoms with Gasteiger partial charge in [0.05, 0.1) is 15.4 Å². The molecule has 1 atom stereocenters. The van der Waals surface area contributed by atoms with Crippen LogP contribution in [0.25, 0.3) is 0 Å². The lowest BCUT2D eigenvalue weighted by molar-refractivity contribution is 0.0684. The maximum Gasteiger partial charge on any atom is 0.339 e. The van der Waals surface area contributed by atoms with Crippen molar-refractivity contribution in [3.8, 4) is 0 Å². The van der Waals surface area contributed by atoms with Crippen molar-refractivity contribution < 1.29 is 49.4 Å². The number of hydrogen-bond acceptors (Lipinski definition) is 5. The first-order valence-corrected chi connectivity index (χ1v) is 11.7. The highest BCUT2D eigenvalue weighted by Crippen LogP contribution is 2.27. The number of amides is 1. The maximum absolute atomic E-state index is 14.1. The summed E-state index contributed by atoms with van der Waals surface area (Å²) in [5.74, 6) is -13.1. The van der Waals surface area contributed by atoms with Gasteiger partial charge in [-0.3, -0.25) is 14.1 Å². The Hall–Kier alpha value is -3.82. The van der Waals surface area contributed by atoms with E-state index in [0.29, 0.717) is 0 Å². The number of carboxylic acids is 1. The summed E-state index contributed by atoms with van der Waals surface area (Å²) in [6.07, 6.45) is 0. The summed E-state index contributed by atoms with van der Waals surface area (Å²) in [5.41, 5.74) is -3.35. The number of nitrogens with one attached hydrogen (secondary N) is 2. The number of carbonyl (C=O) groups is 2. The highest BCUT2D eigenvalue weighted by molar-refractivity contribution is 7.91. The van der Waals surface area contributed by atoms with E-state index in [2.05, 4.69) is 4.72 Å². The van der Waals surface area contributed by atoms with Gasteiger partial charge in [0.15, 0.2) is 23.3 Å². The number of aromatic carboxylic acids is 1. The number of sulfone groups is 1. The Balaban J connectivity index is 1.89. The fourth-order valence-electron chi connectivity index (χ4n) is 2.90. The van der Waals surface area contributed by atoms with Gasteiger partial charge in [-0.15, -0.1) is 0 Å². The first-order chi connectivity index (χ1) is 16.3. The van der Waals surface area contributed by atoms with E-state index in [0.717, 1.165) is 36.4 Å². The van der Waals surface area contributed by atoms with Crippen molar-refractivity contribution in [1.82, 2.24) is 0 Å². The molecule has 0 aromatic heterocycles. The number of carbonyl (C=O) groups excluding carboxylic acids is 1. The molecule has 0 radical (unpaired) electrons. The van der Waals surface area contributed by atoms with E-state index in [9.17, 15) is 39.8 Å². The largest absolute Gasteiger partial charge is 0.478 e. The molecule has 0 aliphatic carbocycles. The van der Waals surface area contributed by atoms with Gasteiger partial charge in [-0.2, -0.15) is 0 Å². The molecule has 184 valence electrons. The molecule has 35 heavy (non-hydrogen) atoms.